The number of aromatic nitrogens is 1. The number of para-hydroxylation sites is 1. The fourth-order valence-corrected chi connectivity index (χ4v) is 2.63. The lowest BCUT2D eigenvalue weighted by molar-refractivity contribution is 0.689. The Morgan fingerprint density at radius 3 is 2.76 bits per heavy atom. The van der Waals surface area contributed by atoms with Crippen molar-refractivity contribution in [2.24, 2.45) is 0 Å². The summed E-state index contributed by atoms with van der Waals surface area (Å²) in [6, 6.07) is 19.2. The zero-order valence-corrected chi connectivity index (χ0v) is 12.3. The molecule has 1 heterocycles. The molecule has 2 nitrogen and oxygen atoms in total. The molecule has 3 rings (SSSR count). The van der Waals surface area contributed by atoms with Crippen molar-refractivity contribution in [1.82, 2.24) is 10.3 Å². The molecule has 0 aliphatic heterocycles. The molecule has 0 atom stereocenters. The van der Waals surface area contributed by atoms with Crippen molar-refractivity contribution in [2.75, 3.05) is 6.54 Å². The number of hydrogen-bond donors (Lipinski definition) is 1. The summed E-state index contributed by atoms with van der Waals surface area (Å²) in [5.74, 6) is 0. The van der Waals surface area contributed by atoms with Gasteiger partial charge in [0.2, 0.25) is 0 Å². The SMILES string of the molecule is Cc1cccc(CCNCc2cccc3cccnc23)c1. The first kappa shape index (κ1) is 13.8. The highest BCUT2D eigenvalue weighted by atomic mass is 14.8. The zero-order valence-electron chi connectivity index (χ0n) is 12.3. The lowest BCUT2D eigenvalue weighted by Gasteiger charge is -2.08. The van der Waals surface area contributed by atoms with Crippen LogP contribution in [-0.4, -0.2) is 11.5 Å². The lowest BCUT2D eigenvalue weighted by atomic mass is 10.1. The third-order valence-electron chi connectivity index (χ3n) is 3.70. The average Bonchev–Trinajstić information content (AvgIpc) is 2.52. The lowest BCUT2D eigenvalue weighted by Crippen LogP contribution is -2.17. The smallest absolute Gasteiger partial charge is 0.0746 e. The van der Waals surface area contributed by atoms with Gasteiger partial charge in [0.05, 0.1) is 5.52 Å². The van der Waals surface area contributed by atoms with Crippen LogP contribution in [-0.2, 0) is 13.0 Å². The third kappa shape index (κ3) is 3.47. The highest BCUT2D eigenvalue weighted by Crippen LogP contribution is 2.15. The molecule has 0 aliphatic rings. The number of fused-ring (bicyclic) bond motifs is 1. The molecule has 0 aliphatic carbocycles. The third-order valence-corrected chi connectivity index (χ3v) is 3.70. The molecule has 0 spiro atoms. The molecule has 0 radical (unpaired) electrons. The molecule has 0 fully saturated rings. The van der Waals surface area contributed by atoms with E-state index < -0.39 is 0 Å². The Kier molecular flexibility index (Phi) is 4.27. The van der Waals surface area contributed by atoms with Crippen molar-refractivity contribution < 1.29 is 0 Å². The second-order valence-electron chi connectivity index (χ2n) is 5.41. The topological polar surface area (TPSA) is 24.9 Å². The minimum absolute atomic E-state index is 0.861. The summed E-state index contributed by atoms with van der Waals surface area (Å²) in [4.78, 5) is 4.49. The maximum atomic E-state index is 4.49. The largest absolute Gasteiger partial charge is 0.312 e. The Morgan fingerprint density at radius 2 is 1.86 bits per heavy atom. The van der Waals surface area contributed by atoms with E-state index in [0.29, 0.717) is 0 Å². The van der Waals surface area contributed by atoms with Gasteiger partial charge in [-0.2, -0.15) is 0 Å². The van der Waals surface area contributed by atoms with Crippen LogP contribution in [0.15, 0.2) is 60.8 Å². The first-order chi connectivity index (χ1) is 10.3. The van der Waals surface area contributed by atoms with E-state index in [2.05, 4.69) is 65.8 Å². The molecule has 0 saturated heterocycles. The number of nitrogens with one attached hydrogen (secondary N) is 1. The van der Waals surface area contributed by atoms with Crippen molar-refractivity contribution in [3.05, 3.63) is 77.5 Å². The zero-order chi connectivity index (χ0) is 14.5. The number of aryl methyl sites for hydroxylation is 1. The highest BCUT2D eigenvalue weighted by Gasteiger charge is 2.01. The Hall–Kier alpha value is -2.19. The summed E-state index contributed by atoms with van der Waals surface area (Å²) >= 11 is 0. The summed E-state index contributed by atoms with van der Waals surface area (Å²) in [5, 5.41) is 4.73. The Morgan fingerprint density at radius 1 is 1.00 bits per heavy atom. The Bertz CT molecular complexity index is 729. The molecular weight excluding hydrogens is 256 g/mol. The highest BCUT2D eigenvalue weighted by molar-refractivity contribution is 5.81. The molecule has 3 aromatic rings. The minimum atomic E-state index is 0.861. The van der Waals surface area contributed by atoms with E-state index in [0.717, 1.165) is 25.0 Å². The summed E-state index contributed by atoms with van der Waals surface area (Å²) < 4.78 is 0. The number of hydrogen-bond acceptors (Lipinski definition) is 2. The molecule has 106 valence electrons. The number of pyridine rings is 1. The van der Waals surface area contributed by atoms with Gasteiger partial charge in [0.15, 0.2) is 0 Å². The van der Waals surface area contributed by atoms with Gasteiger partial charge >= 0.3 is 0 Å². The van der Waals surface area contributed by atoms with E-state index in [1.54, 1.807) is 0 Å². The van der Waals surface area contributed by atoms with Gasteiger partial charge in [0, 0.05) is 18.1 Å². The van der Waals surface area contributed by atoms with Gasteiger partial charge in [-0.05, 0) is 37.1 Å². The molecule has 2 heteroatoms. The van der Waals surface area contributed by atoms with Crippen LogP contribution in [0.3, 0.4) is 0 Å². The van der Waals surface area contributed by atoms with E-state index in [9.17, 15) is 0 Å². The van der Waals surface area contributed by atoms with Crippen LogP contribution < -0.4 is 5.32 Å². The van der Waals surface area contributed by atoms with Crippen LogP contribution in [0.4, 0.5) is 0 Å². The predicted molar refractivity (Wildman–Crippen MR) is 88.3 cm³/mol. The van der Waals surface area contributed by atoms with Gasteiger partial charge in [-0.1, -0.05) is 54.1 Å². The Labute approximate surface area is 125 Å². The van der Waals surface area contributed by atoms with E-state index in [-0.39, 0.29) is 0 Å². The quantitative estimate of drug-likeness (QED) is 0.715. The first-order valence-corrected chi connectivity index (χ1v) is 7.42. The van der Waals surface area contributed by atoms with Crippen molar-refractivity contribution in [3.63, 3.8) is 0 Å². The standard InChI is InChI=1S/C19H20N2/c1-15-5-2-6-16(13-15)10-12-20-14-18-8-3-7-17-9-4-11-21-19(17)18/h2-9,11,13,20H,10,12,14H2,1H3. The number of nitrogens with zero attached hydrogens (tertiary/aromatic N) is 1. The average molecular weight is 276 g/mol. The van der Waals surface area contributed by atoms with Crippen LogP contribution in [0.2, 0.25) is 0 Å². The molecule has 1 aromatic heterocycles. The van der Waals surface area contributed by atoms with Gasteiger partial charge in [0.1, 0.15) is 0 Å². The van der Waals surface area contributed by atoms with Crippen LogP contribution in [0, 0.1) is 6.92 Å². The monoisotopic (exact) mass is 276 g/mol. The minimum Gasteiger partial charge on any atom is -0.312 e. The van der Waals surface area contributed by atoms with Crippen LogP contribution in [0.1, 0.15) is 16.7 Å². The number of rotatable bonds is 5. The molecule has 0 saturated carbocycles. The first-order valence-electron chi connectivity index (χ1n) is 7.42. The van der Waals surface area contributed by atoms with Crippen molar-refractivity contribution >= 4 is 10.9 Å². The fraction of sp³-hybridized carbons (Fsp3) is 0.211. The van der Waals surface area contributed by atoms with E-state index in [1.807, 2.05) is 12.3 Å². The summed E-state index contributed by atoms with van der Waals surface area (Å²) in [5.41, 5.74) is 5.07. The molecule has 0 unspecified atom stereocenters. The molecular formula is C19H20N2. The molecule has 2 aromatic carbocycles. The number of benzene rings is 2. The van der Waals surface area contributed by atoms with Gasteiger partial charge in [-0.3, -0.25) is 4.98 Å². The van der Waals surface area contributed by atoms with Gasteiger partial charge < -0.3 is 5.32 Å². The van der Waals surface area contributed by atoms with Crippen molar-refractivity contribution in [3.8, 4) is 0 Å². The Balaban J connectivity index is 1.60. The molecule has 21 heavy (non-hydrogen) atoms. The second-order valence-corrected chi connectivity index (χ2v) is 5.41. The molecule has 1 N–H and O–H groups in total. The van der Waals surface area contributed by atoms with E-state index in [4.69, 9.17) is 0 Å². The van der Waals surface area contributed by atoms with Gasteiger partial charge in [0.25, 0.3) is 0 Å². The summed E-state index contributed by atoms with van der Waals surface area (Å²) in [7, 11) is 0. The normalized spacial score (nSPS) is 10.9. The van der Waals surface area contributed by atoms with E-state index >= 15 is 0 Å². The maximum absolute atomic E-state index is 4.49. The fourth-order valence-electron chi connectivity index (χ4n) is 2.63. The van der Waals surface area contributed by atoms with Gasteiger partial charge in [-0.25, -0.2) is 0 Å². The van der Waals surface area contributed by atoms with Crippen molar-refractivity contribution in [1.29, 1.82) is 0 Å². The second kappa shape index (κ2) is 6.51. The van der Waals surface area contributed by atoms with E-state index in [1.165, 1.54) is 22.1 Å². The molecule has 0 bridgehead atoms. The van der Waals surface area contributed by atoms with Crippen LogP contribution in [0.25, 0.3) is 10.9 Å². The summed E-state index contributed by atoms with van der Waals surface area (Å²) in [6.45, 7) is 3.98. The van der Waals surface area contributed by atoms with Crippen molar-refractivity contribution in [2.45, 2.75) is 19.9 Å². The maximum Gasteiger partial charge on any atom is 0.0746 e. The van der Waals surface area contributed by atoms with Crippen LogP contribution in [0.5, 0.6) is 0 Å². The molecule has 0 amide bonds. The predicted octanol–water partition coefficient (Wildman–Crippen LogP) is 3.88. The summed E-state index contributed by atoms with van der Waals surface area (Å²) in [6.07, 6.45) is 2.92. The van der Waals surface area contributed by atoms with Crippen LogP contribution >= 0.6 is 0 Å². The van der Waals surface area contributed by atoms with Gasteiger partial charge in [-0.15, -0.1) is 0 Å².